The van der Waals surface area contributed by atoms with Gasteiger partial charge in [0.1, 0.15) is 5.75 Å². The van der Waals surface area contributed by atoms with Gasteiger partial charge in [0.15, 0.2) is 0 Å². The van der Waals surface area contributed by atoms with Gasteiger partial charge in [-0.15, -0.1) is 11.8 Å². The van der Waals surface area contributed by atoms with Crippen molar-refractivity contribution in [1.29, 1.82) is 0 Å². The van der Waals surface area contributed by atoms with E-state index in [2.05, 4.69) is 12.2 Å². The van der Waals surface area contributed by atoms with Crippen LogP contribution in [0.25, 0.3) is 0 Å². The summed E-state index contributed by atoms with van der Waals surface area (Å²) in [5, 5.41) is 3.52. The van der Waals surface area contributed by atoms with Crippen molar-refractivity contribution >= 4 is 39.3 Å². The number of hydrogen-bond donors (Lipinski definition) is 1. The number of piperidine rings is 1. The number of methoxy groups -OCH3 is 1. The Hall–Kier alpha value is -1.74. The Morgan fingerprint density at radius 3 is 2.52 bits per heavy atom. The number of carbonyl (C=O) groups is 1. The second-order valence-electron chi connectivity index (χ2n) is 7.51. The monoisotopic (exact) mass is 482 g/mol. The number of nitrogens with zero attached hydrogens (tertiary/aromatic N) is 1. The molecule has 0 aliphatic carbocycles. The summed E-state index contributed by atoms with van der Waals surface area (Å²) >= 11 is 7.48. The highest BCUT2D eigenvalue weighted by molar-refractivity contribution is 7.99. The molecule has 9 heteroatoms. The van der Waals surface area contributed by atoms with E-state index in [9.17, 15) is 13.2 Å². The number of thioether (sulfide) groups is 1. The largest absolute Gasteiger partial charge is 0.496 e. The molecule has 1 amide bonds. The quantitative estimate of drug-likeness (QED) is 0.448. The normalized spacial score (nSPS) is 15.6. The zero-order chi connectivity index (χ0) is 22.4. The molecule has 0 atom stereocenters. The van der Waals surface area contributed by atoms with Crippen LogP contribution in [-0.2, 0) is 10.0 Å². The van der Waals surface area contributed by atoms with Crippen LogP contribution < -0.4 is 10.1 Å². The average Bonchev–Trinajstić information content (AvgIpc) is 2.77. The van der Waals surface area contributed by atoms with Crippen LogP contribution in [0.3, 0.4) is 0 Å². The first-order valence-corrected chi connectivity index (χ1v) is 13.0. The molecule has 2 aromatic carbocycles. The highest BCUT2D eigenvalue weighted by Crippen LogP contribution is 2.27. The van der Waals surface area contributed by atoms with E-state index in [1.165, 1.54) is 29.6 Å². The van der Waals surface area contributed by atoms with Crippen LogP contribution in [0, 0.1) is 5.92 Å². The predicted octanol–water partition coefficient (Wildman–Crippen LogP) is 4.29. The molecule has 0 radical (unpaired) electrons. The van der Waals surface area contributed by atoms with E-state index in [1.807, 2.05) is 24.3 Å². The molecule has 1 heterocycles. The molecule has 31 heavy (non-hydrogen) atoms. The van der Waals surface area contributed by atoms with E-state index >= 15 is 0 Å². The van der Waals surface area contributed by atoms with E-state index in [-0.39, 0.29) is 16.4 Å². The molecule has 0 spiro atoms. The van der Waals surface area contributed by atoms with Gasteiger partial charge in [0.2, 0.25) is 10.0 Å². The Bertz CT molecular complexity index is 1000. The molecule has 1 saturated heterocycles. The lowest BCUT2D eigenvalue weighted by atomic mass is 10.0. The lowest BCUT2D eigenvalue weighted by molar-refractivity contribution is 0.0953. The highest BCUT2D eigenvalue weighted by atomic mass is 35.5. The highest BCUT2D eigenvalue weighted by Gasteiger charge is 2.29. The van der Waals surface area contributed by atoms with Gasteiger partial charge in [0.05, 0.1) is 17.6 Å². The van der Waals surface area contributed by atoms with Gasteiger partial charge in [-0.05, 0) is 61.2 Å². The number of carbonyl (C=O) groups excluding carboxylic acids is 1. The first-order valence-electron chi connectivity index (χ1n) is 10.2. The SMILES string of the molecule is COc1ccc(S(=O)(=O)N2CCC(C)CC2)cc1C(=O)NCCSc1ccc(Cl)cc1. The molecule has 0 aromatic heterocycles. The Balaban J connectivity index is 1.66. The first kappa shape index (κ1) is 23.9. The van der Waals surface area contributed by atoms with Gasteiger partial charge in [-0.1, -0.05) is 18.5 Å². The van der Waals surface area contributed by atoms with Gasteiger partial charge in [-0.3, -0.25) is 4.79 Å². The van der Waals surface area contributed by atoms with Crippen LogP contribution in [0.5, 0.6) is 5.75 Å². The third-order valence-electron chi connectivity index (χ3n) is 5.27. The van der Waals surface area contributed by atoms with Crippen LogP contribution in [0.15, 0.2) is 52.3 Å². The average molecular weight is 483 g/mol. The number of halogens is 1. The number of benzene rings is 2. The Morgan fingerprint density at radius 1 is 1.19 bits per heavy atom. The minimum absolute atomic E-state index is 0.114. The van der Waals surface area contributed by atoms with Crippen molar-refractivity contribution in [3.8, 4) is 5.75 Å². The molecular weight excluding hydrogens is 456 g/mol. The molecular formula is C22H27ClN2O4S2. The summed E-state index contributed by atoms with van der Waals surface area (Å²) < 4.78 is 32.9. The zero-order valence-electron chi connectivity index (χ0n) is 17.6. The fourth-order valence-corrected chi connectivity index (χ4v) is 5.75. The summed E-state index contributed by atoms with van der Waals surface area (Å²) in [5.74, 6) is 1.17. The number of nitrogens with one attached hydrogen (secondary N) is 1. The van der Waals surface area contributed by atoms with E-state index in [0.717, 1.165) is 17.7 Å². The molecule has 3 rings (SSSR count). The first-order chi connectivity index (χ1) is 14.8. The Kier molecular flexibility index (Phi) is 8.27. The maximum Gasteiger partial charge on any atom is 0.255 e. The summed E-state index contributed by atoms with van der Waals surface area (Å²) in [5.41, 5.74) is 0.213. The number of sulfonamides is 1. The molecule has 0 bridgehead atoms. The summed E-state index contributed by atoms with van der Waals surface area (Å²) in [6.45, 7) is 3.55. The topological polar surface area (TPSA) is 75.7 Å². The second-order valence-corrected chi connectivity index (χ2v) is 11.0. The van der Waals surface area contributed by atoms with Crippen molar-refractivity contribution in [2.24, 2.45) is 5.92 Å². The maximum absolute atomic E-state index is 13.1. The fourth-order valence-electron chi connectivity index (χ4n) is 3.36. The lowest BCUT2D eigenvalue weighted by Gasteiger charge is -2.29. The van der Waals surface area contributed by atoms with Crippen LogP contribution in [-0.4, -0.2) is 51.1 Å². The summed E-state index contributed by atoms with van der Waals surface area (Å²) in [6, 6.07) is 11.9. The molecule has 168 valence electrons. The van der Waals surface area contributed by atoms with E-state index < -0.39 is 10.0 Å². The van der Waals surface area contributed by atoms with Crippen LogP contribution in [0.4, 0.5) is 0 Å². The summed E-state index contributed by atoms with van der Waals surface area (Å²) in [4.78, 5) is 13.9. The fraction of sp³-hybridized carbons (Fsp3) is 0.409. The van der Waals surface area contributed by atoms with Gasteiger partial charge < -0.3 is 10.1 Å². The standard InChI is InChI=1S/C22H27ClN2O4S2/c1-16-9-12-25(13-10-16)31(27,28)19-7-8-21(29-2)20(15-19)22(26)24-11-14-30-18-5-3-17(23)4-6-18/h3-8,15-16H,9-14H2,1-2H3,(H,24,26). The minimum atomic E-state index is -3.65. The summed E-state index contributed by atoms with van der Waals surface area (Å²) in [6.07, 6.45) is 1.68. The molecule has 6 nitrogen and oxygen atoms in total. The molecule has 0 unspecified atom stereocenters. The number of amides is 1. The molecule has 1 N–H and O–H groups in total. The maximum atomic E-state index is 13.1. The van der Waals surface area contributed by atoms with Crippen molar-refractivity contribution in [3.63, 3.8) is 0 Å². The van der Waals surface area contributed by atoms with E-state index in [4.69, 9.17) is 16.3 Å². The third kappa shape index (κ3) is 6.16. The second kappa shape index (κ2) is 10.7. The van der Waals surface area contributed by atoms with Crippen LogP contribution in [0.1, 0.15) is 30.1 Å². The smallest absolute Gasteiger partial charge is 0.255 e. The Labute approximate surface area is 193 Å². The lowest BCUT2D eigenvalue weighted by Crippen LogP contribution is -2.38. The Morgan fingerprint density at radius 2 is 1.87 bits per heavy atom. The van der Waals surface area contributed by atoms with Crippen molar-refractivity contribution in [2.75, 3.05) is 32.5 Å². The van der Waals surface area contributed by atoms with Gasteiger partial charge in [-0.25, -0.2) is 8.42 Å². The number of rotatable bonds is 8. The molecule has 1 aliphatic rings. The van der Waals surface area contributed by atoms with Crippen molar-refractivity contribution in [3.05, 3.63) is 53.1 Å². The molecule has 2 aromatic rings. The number of ether oxygens (including phenoxy) is 1. The van der Waals surface area contributed by atoms with Gasteiger partial charge in [-0.2, -0.15) is 4.31 Å². The predicted molar refractivity (Wildman–Crippen MR) is 125 cm³/mol. The van der Waals surface area contributed by atoms with Crippen LogP contribution in [0.2, 0.25) is 5.02 Å². The third-order valence-corrected chi connectivity index (χ3v) is 8.43. The minimum Gasteiger partial charge on any atom is -0.496 e. The summed E-state index contributed by atoms with van der Waals surface area (Å²) in [7, 11) is -2.19. The van der Waals surface area contributed by atoms with Gasteiger partial charge >= 0.3 is 0 Å². The van der Waals surface area contributed by atoms with Gasteiger partial charge in [0.25, 0.3) is 5.91 Å². The van der Waals surface area contributed by atoms with Crippen molar-refractivity contribution in [2.45, 2.75) is 29.6 Å². The number of hydrogen-bond acceptors (Lipinski definition) is 5. The zero-order valence-corrected chi connectivity index (χ0v) is 20.0. The van der Waals surface area contributed by atoms with Gasteiger partial charge in [0, 0.05) is 35.3 Å². The van der Waals surface area contributed by atoms with E-state index in [1.54, 1.807) is 11.8 Å². The van der Waals surface area contributed by atoms with Crippen molar-refractivity contribution in [1.82, 2.24) is 9.62 Å². The van der Waals surface area contributed by atoms with E-state index in [0.29, 0.717) is 42.1 Å². The molecule has 0 saturated carbocycles. The van der Waals surface area contributed by atoms with Crippen molar-refractivity contribution < 1.29 is 17.9 Å². The molecule has 1 aliphatic heterocycles. The van der Waals surface area contributed by atoms with Crippen LogP contribution >= 0.6 is 23.4 Å². The molecule has 1 fully saturated rings.